The third-order valence-corrected chi connectivity index (χ3v) is 3.89. The minimum absolute atomic E-state index is 0.564. The van der Waals surface area contributed by atoms with E-state index in [1.165, 1.54) is 0 Å². The molecule has 1 heterocycles. The fourth-order valence-electron chi connectivity index (χ4n) is 2.78. The molecule has 2 aromatic carbocycles. The van der Waals surface area contributed by atoms with Crippen molar-refractivity contribution in [2.45, 2.75) is 0 Å². The topological polar surface area (TPSA) is 66.3 Å². The highest BCUT2D eigenvalue weighted by Crippen LogP contribution is 2.35. The maximum Gasteiger partial charge on any atom is 0.181 e. The van der Waals surface area contributed by atoms with Gasteiger partial charge in [0.2, 0.25) is 0 Å². The Balaban J connectivity index is 1.89. The molecule has 1 aliphatic rings. The van der Waals surface area contributed by atoms with E-state index < -0.39 is 0 Å². The van der Waals surface area contributed by atoms with Crippen LogP contribution in [0, 0.1) is 17.9 Å². The van der Waals surface area contributed by atoms with Gasteiger partial charge in [-0.25, -0.2) is 9.97 Å². The van der Waals surface area contributed by atoms with Crippen molar-refractivity contribution in [1.82, 2.24) is 9.97 Å². The standard InChI is InChI=1S/C19H9N5/c1-21-24-18-15-5-3-2-4-14(15)17-19(18)22-11-16(23-17)13-8-6-12(10-20)7-9-13/h2-9,11H. The summed E-state index contributed by atoms with van der Waals surface area (Å²) in [5.74, 6) is 0. The van der Waals surface area contributed by atoms with Gasteiger partial charge in [0.25, 0.3) is 0 Å². The highest BCUT2D eigenvalue weighted by Gasteiger charge is 2.29. The van der Waals surface area contributed by atoms with Crippen LogP contribution >= 0.6 is 0 Å². The Bertz CT molecular complexity index is 1070. The van der Waals surface area contributed by atoms with Crippen LogP contribution in [0.15, 0.2) is 59.8 Å². The highest BCUT2D eigenvalue weighted by molar-refractivity contribution is 6.22. The van der Waals surface area contributed by atoms with E-state index in [2.05, 4.69) is 21.1 Å². The van der Waals surface area contributed by atoms with Crippen LogP contribution < -0.4 is 0 Å². The van der Waals surface area contributed by atoms with E-state index in [-0.39, 0.29) is 0 Å². The summed E-state index contributed by atoms with van der Waals surface area (Å²) < 4.78 is 0. The van der Waals surface area contributed by atoms with Crippen LogP contribution in [0.3, 0.4) is 0 Å². The minimum Gasteiger partial charge on any atom is -0.250 e. The number of nitriles is 1. The molecule has 0 saturated carbocycles. The van der Waals surface area contributed by atoms with Crippen LogP contribution in [-0.4, -0.2) is 15.7 Å². The fraction of sp³-hybridized carbons (Fsp3) is 0. The first kappa shape index (κ1) is 13.8. The Morgan fingerprint density at radius 1 is 1.00 bits per heavy atom. The van der Waals surface area contributed by atoms with Crippen LogP contribution in [0.4, 0.5) is 0 Å². The summed E-state index contributed by atoms with van der Waals surface area (Å²) in [4.78, 5) is 12.4. The van der Waals surface area contributed by atoms with Gasteiger partial charge in [0.05, 0.1) is 34.3 Å². The molecular formula is C19H9N5. The molecule has 0 bridgehead atoms. The van der Waals surface area contributed by atoms with E-state index in [1.54, 1.807) is 18.3 Å². The zero-order valence-corrected chi connectivity index (χ0v) is 12.4. The van der Waals surface area contributed by atoms with E-state index in [1.807, 2.05) is 36.4 Å². The highest BCUT2D eigenvalue weighted by atomic mass is 15.2. The quantitative estimate of drug-likeness (QED) is 0.398. The number of benzene rings is 2. The zero-order valence-electron chi connectivity index (χ0n) is 12.4. The minimum atomic E-state index is 0.564. The molecular weight excluding hydrogens is 298 g/mol. The lowest BCUT2D eigenvalue weighted by atomic mass is 10.1. The van der Waals surface area contributed by atoms with Crippen molar-refractivity contribution < 1.29 is 0 Å². The molecule has 1 aliphatic carbocycles. The molecule has 0 saturated heterocycles. The lowest BCUT2D eigenvalue weighted by Gasteiger charge is -2.04. The number of nitrogens with zero attached hydrogens (tertiary/aromatic N) is 5. The van der Waals surface area contributed by atoms with Gasteiger partial charge in [-0.05, 0) is 12.1 Å². The molecule has 0 unspecified atom stereocenters. The predicted octanol–water partition coefficient (Wildman–Crippen LogP) is 3.67. The van der Waals surface area contributed by atoms with Crippen molar-refractivity contribution in [3.63, 3.8) is 0 Å². The van der Waals surface area contributed by atoms with Gasteiger partial charge >= 0.3 is 0 Å². The Hall–Kier alpha value is -3.83. The van der Waals surface area contributed by atoms with Crippen molar-refractivity contribution in [3.8, 4) is 28.6 Å². The van der Waals surface area contributed by atoms with Crippen LogP contribution in [0.25, 0.3) is 27.5 Å². The number of rotatable bonds is 1. The largest absolute Gasteiger partial charge is 0.250 e. The van der Waals surface area contributed by atoms with Gasteiger partial charge in [-0.3, -0.25) is 0 Å². The van der Waals surface area contributed by atoms with E-state index in [0.29, 0.717) is 17.0 Å². The van der Waals surface area contributed by atoms with Gasteiger partial charge < -0.3 is 0 Å². The molecule has 0 fully saturated rings. The van der Waals surface area contributed by atoms with Crippen LogP contribution in [0.1, 0.15) is 16.8 Å². The molecule has 0 amide bonds. The number of hydrogen-bond donors (Lipinski definition) is 0. The first-order chi connectivity index (χ1) is 11.8. The Kier molecular flexibility index (Phi) is 3.12. The summed E-state index contributed by atoms with van der Waals surface area (Å²) in [6, 6.07) is 17.0. The van der Waals surface area contributed by atoms with Crippen molar-refractivity contribution in [2.24, 2.45) is 5.10 Å². The molecule has 3 aromatic rings. The zero-order chi connectivity index (χ0) is 16.5. The maximum absolute atomic E-state index is 8.90. The third-order valence-electron chi connectivity index (χ3n) is 3.89. The summed E-state index contributed by atoms with van der Waals surface area (Å²) in [5.41, 5.74) is 5.94. The average molecular weight is 307 g/mol. The van der Waals surface area contributed by atoms with E-state index in [4.69, 9.17) is 16.8 Å². The monoisotopic (exact) mass is 307 g/mol. The van der Waals surface area contributed by atoms with Crippen LogP contribution in [-0.2, 0) is 0 Å². The molecule has 5 nitrogen and oxygen atoms in total. The second-order valence-electron chi connectivity index (χ2n) is 5.24. The number of aromatic nitrogens is 2. The molecule has 1 aromatic heterocycles. The summed E-state index contributed by atoms with van der Waals surface area (Å²) in [6.45, 7) is 7.03. The molecule has 110 valence electrons. The average Bonchev–Trinajstić information content (AvgIpc) is 2.96. The van der Waals surface area contributed by atoms with Crippen LogP contribution in [0.5, 0.6) is 0 Å². The molecule has 0 radical (unpaired) electrons. The SMILES string of the molecule is [C-]#[N+]N=C1c2ccccc2-c2nc(-c3ccc(C#N)cc3)cnc21. The molecule has 0 aliphatic heterocycles. The van der Waals surface area contributed by atoms with Gasteiger partial charge in [0.1, 0.15) is 5.69 Å². The molecule has 0 N–H and O–H groups in total. The first-order valence-electron chi connectivity index (χ1n) is 7.24. The number of fused-ring (bicyclic) bond motifs is 3. The normalized spacial score (nSPS) is 13.0. The second-order valence-corrected chi connectivity index (χ2v) is 5.24. The van der Waals surface area contributed by atoms with Crippen molar-refractivity contribution in [1.29, 1.82) is 5.26 Å². The van der Waals surface area contributed by atoms with E-state index in [0.717, 1.165) is 28.1 Å². The molecule has 0 spiro atoms. The summed E-state index contributed by atoms with van der Waals surface area (Å²) in [6.07, 6.45) is 1.67. The van der Waals surface area contributed by atoms with E-state index in [9.17, 15) is 0 Å². The van der Waals surface area contributed by atoms with Crippen molar-refractivity contribution in [3.05, 3.63) is 83.1 Å². The van der Waals surface area contributed by atoms with Gasteiger partial charge in [-0.1, -0.05) is 36.4 Å². The third kappa shape index (κ3) is 2.05. The lowest BCUT2D eigenvalue weighted by Crippen LogP contribution is -2.01. The Morgan fingerprint density at radius 3 is 2.46 bits per heavy atom. The smallest absolute Gasteiger partial charge is 0.181 e. The maximum atomic E-state index is 8.90. The van der Waals surface area contributed by atoms with Gasteiger partial charge in [0.15, 0.2) is 5.71 Å². The summed E-state index contributed by atoms with van der Waals surface area (Å²) in [5, 5.41) is 12.8. The molecule has 24 heavy (non-hydrogen) atoms. The predicted molar refractivity (Wildman–Crippen MR) is 89.9 cm³/mol. The van der Waals surface area contributed by atoms with E-state index >= 15 is 0 Å². The van der Waals surface area contributed by atoms with Crippen molar-refractivity contribution in [2.75, 3.05) is 0 Å². The van der Waals surface area contributed by atoms with Gasteiger partial charge in [-0.2, -0.15) is 11.8 Å². The second kappa shape index (κ2) is 5.42. The van der Waals surface area contributed by atoms with Crippen LogP contribution in [0.2, 0.25) is 0 Å². The van der Waals surface area contributed by atoms with Gasteiger partial charge in [-0.15, -0.1) is 4.95 Å². The summed E-state index contributed by atoms with van der Waals surface area (Å²) in [7, 11) is 0. The molecule has 4 rings (SSSR count). The van der Waals surface area contributed by atoms with Crippen molar-refractivity contribution >= 4 is 5.71 Å². The first-order valence-corrected chi connectivity index (χ1v) is 7.24. The Morgan fingerprint density at radius 2 is 1.75 bits per heavy atom. The lowest BCUT2D eigenvalue weighted by molar-refractivity contribution is 1.20. The Labute approximate surface area is 138 Å². The summed E-state index contributed by atoms with van der Waals surface area (Å²) >= 11 is 0. The fourth-order valence-corrected chi connectivity index (χ4v) is 2.78. The molecule has 0 atom stereocenters. The molecule has 5 heteroatoms. The van der Waals surface area contributed by atoms with Gasteiger partial charge in [0, 0.05) is 16.7 Å². The number of hydrogen-bond acceptors (Lipinski definition) is 4.